The number of carbonyl (C=O) groups is 6. The third kappa shape index (κ3) is 34.8. The van der Waals surface area contributed by atoms with E-state index in [2.05, 4.69) is 61.5 Å². The molecule has 3 aliphatic carbocycles. The maximum atomic E-state index is 13.3. The van der Waals surface area contributed by atoms with Gasteiger partial charge < -0.3 is 215 Å². The molecule has 4 aromatic rings. The summed E-state index contributed by atoms with van der Waals surface area (Å²) >= 11 is 0. The molecule has 780 valence electrons. The monoisotopic (exact) mass is 1960 g/mol. The molecular formula is C84H154N28O25. The van der Waals surface area contributed by atoms with Gasteiger partial charge in [-0.1, -0.05) is 38.5 Å². The second kappa shape index (κ2) is 57.9. The van der Waals surface area contributed by atoms with Crippen molar-refractivity contribution < 1.29 is 117 Å². The van der Waals surface area contributed by atoms with Gasteiger partial charge in [-0.3, -0.25) is 38.5 Å². The first-order valence-corrected chi connectivity index (χ1v) is 47.2. The summed E-state index contributed by atoms with van der Waals surface area (Å²) in [5, 5.41) is 108. The molecule has 0 bridgehead atoms. The lowest BCUT2D eigenvalue weighted by atomic mass is 9.84. The summed E-state index contributed by atoms with van der Waals surface area (Å²) in [5.74, 6) is -2.15. The van der Waals surface area contributed by atoms with Gasteiger partial charge in [0.2, 0.25) is 41.4 Å². The molecule has 6 amide bonds. The number of nitrogens with zero attached hydrogens (tertiary/aromatic N) is 6. The van der Waals surface area contributed by atoms with Crippen LogP contribution in [0.1, 0.15) is 141 Å². The standard InChI is InChI=1S/C36H63N13O11.C24H46N8O7.C24H45N7O7/c1-18(2)45-24(52)15-48(25(53)16-49-17-44-27-33(49)46-36(41)47-34(27)57)11-10-43-23(51)8-7-22(50)42-9-5-3-4-6-12-58-32-28(54)19(38)13-20(39)31(32)60-35-26(40)30(56)29(55)21(14-37)59-35;25-9-16-22(19(34)17(29)24(38-16)39-21-14(27)8-13(26)18(33)20(21)35)37-6-4-2-1-3-5-31-23(36)15(28)7-12-10-30-11-32-12;25-10-17-19(33)20(34)18(28)24(37-17)38-21-14(26)5-6-16(32)22(21)36-8-4-2-1-3-7-30-23(35)15(27)9-13-11-29-12-31-13/h17-21,26,28-32,35,54-56H,3-16,37-40H2,1-2H3,(H,42,50)(H,43,51)(H,45,52)(H3,41,46,47,57);10-11,13-22,24,33-35H,1-9,25-29H2,(H,30,32)(H,31,36);11-12,14-22,24,32-34H,1-10,25-28H2,(H,29,31)(H,30,35). The van der Waals surface area contributed by atoms with E-state index in [1.165, 1.54) is 15.8 Å². The summed E-state index contributed by atoms with van der Waals surface area (Å²) in [6.07, 6.45) is -2.23. The number of ether oxygens (including phenoxy) is 9. The van der Waals surface area contributed by atoms with Crippen molar-refractivity contribution in [2.75, 3.05) is 84.5 Å². The van der Waals surface area contributed by atoms with Crippen LogP contribution in [0.5, 0.6) is 0 Å². The number of aromatic amines is 3. The lowest BCUT2D eigenvalue weighted by Gasteiger charge is -2.46. The highest BCUT2D eigenvalue weighted by molar-refractivity contribution is 5.86. The minimum atomic E-state index is -1.35. The predicted octanol–water partition coefficient (Wildman–Crippen LogP) is -12.6. The molecule has 3 saturated carbocycles. The summed E-state index contributed by atoms with van der Waals surface area (Å²) < 4.78 is 54.4. The van der Waals surface area contributed by atoms with Gasteiger partial charge in [-0.05, 0) is 78.1 Å². The number of amides is 6. The van der Waals surface area contributed by atoms with Gasteiger partial charge in [-0.15, -0.1) is 0 Å². The Morgan fingerprint density at radius 2 is 0.949 bits per heavy atom. The van der Waals surface area contributed by atoms with Crippen LogP contribution in [0.4, 0.5) is 5.95 Å². The van der Waals surface area contributed by atoms with E-state index in [0.717, 1.165) is 75.6 Å². The fraction of sp³-hybridized carbons (Fsp3) is 0.798. The third-order valence-electron chi connectivity index (χ3n) is 24.8. The van der Waals surface area contributed by atoms with E-state index in [1.54, 1.807) is 38.9 Å². The summed E-state index contributed by atoms with van der Waals surface area (Å²) in [7, 11) is 0. The van der Waals surface area contributed by atoms with Crippen LogP contribution in [-0.4, -0.2) is 400 Å². The molecule has 3 saturated heterocycles. The van der Waals surface area contributed by atoms with Gasteiger partial charge >= 0.3 is 0 Å². The van der Waals surface area contributed by atoms with Crippen LogP contribution in [0.25, 0.3) is 11.2 Å². The summed E-state index contributed by atoms with van der Waals surface area (Å²) in [4.78, 5) is 112. The molecule has 31 unspecified atom stereocenters. The normalized spacial score (nSPS) is 31.6. The maximum absolute atomic E-state index is 13.3. The predicted molar refractivity (Wildman–Crippen MR) is 493 cm³/mol. The maximum Gasteiger partial charge on any atom is 0.280 e. The third-order valence-corrected chi connectivity index (χ3v) is 24.8. The highest BCUT2D eigenvalue weighted by atomic mass is 16.7. The number of rotatable bonds is 50. The van der Waals surface area contributed by atoms with Gasteiger partial charge in [0.1, 0.15) is 98.1 Å². The van der Waals surface area contributed by atoms with Crippen LogP contribution in [0, 0.1) is 0 Å². The van der Waals surface area contributed by atoms with Crippen molar-refractivity contribution in [1.29, 1.82) is 0 Å². The quantitative estimate of drug-likeness (QED) is 0.0183. The molecule has 31 atom stereocenters. The van der Waals surface area contributed by atoms with Crippen LogP contribution in [-0.2, 0) is 90.8 Å². The first-order chi connectivity index (χ1) is 65.4. The van der Waals surface area contributed by atoms with Crippen LogP contribution in [0.2, 0.25) is 0 Å². The minimum absolute atomic E-state index is 0.00102. The summed E-state index contributed by atoms with van der Waals surface area (Å²) in [5.41, 5.74) is 84.8. The zero-order valence-corrected chi connectivity index (χ0v) is 78.0. The molecular weight excluding hydrogens is 1800 g/mol. The van der Waals surface area contributed by atoms with Crippen LogP contribution in [0.15, 0.2) is 36.2 Å². The van der Waals surface area contributed by atoms with E-state index >= 15 is 0 Å². The van der Waals surface area contributed by atoms with E-state index in [9.17, 15) is 79.5 Å². The highest BCUT2D eigenvalue weighted by Crippen LogP contribution is 2.33. The van der Waals surface area contributed by atoms with Crippen molar-refractivity contribution in [2.24, 2.45) is 74.5 Å². The van der Waals surface area contributed by atoms with Gasteiger partial charge in [0.15, 0.2) is 30.0 Å². The number of aliphatic hydroxyl groups excluding tert-OH is 9. The molecule has 0 aromatic carbocycles. The van der Waals surface area contributed by atoms with Gasteiger partial charge in [0.05, 0.1) is 74.0 Å². The smallest absolute Gasteiger partial charge is 0.280 e. The van der Waals surface area contributed by atoms with Gasteiger partial charge in [0, 0.05) is 158 Å². The fourth-order valence-electron chi connectivity index (χ4n) is 16.8. The fourth-order valence-corrected chi connectivity index (χ4v) is 16.8. The molecule has 45 N–H and O–H groups in total. The summed E-state index contributed by atoms with van der Waals surface area (Å²) in [6, 6.07) is -7.58. The number of aliphatic hydroxyl groups is 9. The first-order valence-electron chi connectivity index (χ1n) is 47.2. The number of nitrogen functional groups attached to an aromatic ring is 1. The molecule has 0 spiro atoms. The molecule has 4 aromatic heterocycles. The molecule has 10 rings (SSSR count). The van der Waals surface area contributed by atoms with E-state index < -0.39 is 212 Å². The number of fused-ring (bicyclic) bond motifs is 1. The Labute approximate surface area is 793 Å². The lowest BCUT2D eigenvalue weighted by molar-refractivity contribution is -0.293. The molecule has 53 nitrogen and oxygen atoms in total. The number of nitrogens with two attached hydrogens (primary N) is 14. The Bertz CT molecular complexity index is 4240. The zero-order chi connectivity index (χ0) is 100. The first kappa shape index (κ1) is 114. The largest absolute Gasteiger partial charge is 0.390 e. The zero-order valence-electron chi connectivity index (χ0n) is 78.0. The van der Waals surface area contributed by atoms with Gasteiger partial charge in [0.25, 0.3) is 5.56 Å². The SMILES string of the molecule is CC(C)NC(=O)CN(CCNC(=O)CCC(=O)NCCCCCCOC1C(O)C(N)CC(N)C1OC1OC(CN)C(O)C(O)C1N)C(=O)Cn1cnc2c(=O)[nH]c(N)nc21.NCC1OC(OC2C(N)CC(N)C(O)C2O)C(N)C(O)C1OCCCCCCNC(=O)C(N)Cc1cnc[nH]1.NCC1OC(OC2C(N)CCC(O)C2OCCCCCCNC(=O)C(N)Cc2cnc[nH]2)C(N)C(O)C1O. The Kier molecular flexibility index (Phi) is 48.4. The van der Waals surface area contributed by atoms with E-state index in [4.69, 9.17) is 123 Å². The number of anilines is 1. The second-order valence-corrected chi connectivity index (χ2v) is 36.1. The number of H-pyrrole nitrogens is 3. The number of imidazole rings is 3. The van der Waals surface area contributed by atoms with Crippen molar-refractivity contribution in [3.8, 4) is 0 Å². The summed E-state index contributed by atoms with van der Waals surface area (Å²) in [6.45, 7) is 5.38. The Morgan fingerprint density at radius 3 is 1.45 bits per heavy atom. The number of aromatic nitrogens is 8. The number of carbonyl (C=O) groups excluding carboxylic acids is 6. The molecule has 6 fully saturated rings. The van der Waals surface area contributed by atoms with Gasteiger partial charge in [-0.2, -0.15) is 4.98 Å². The van der Waals surface area contributed by atoms with E-state index in [-0.39, 0.29) is 119 Å². The van der Waals surface area contributed by atoms with Crippen molar-refractivity contribution in [1.82, 2.24) is 70.9 Å². The molecule has 0 radical (unpaired) electrons. The van der Waals surface area contributed by atoms with Gasteiger partial charge in [-0.25, -0.2) is 15.0 Å². The molecule has 3 aliphatic heterocycles. The molecule has 7 heterocycles. The Morgan fingerprint density at radius 1 is 0.504 bits per heavy atom. The number of hydrogen-bond donors (Lipinski definition) is 31. The molecule has 137 heavy (non-hydrogen) atoms. The van der Waals surface area contributed by atoms with Crippen molar-refractivity contribution in [3.05, 3.63) is 53.1 Å². The van der Waals surface area contributed by atoms with Crippen LogP contribution >= 0.6 is 0 Å². The van der Waals surface area contributed by atoms with Crippen molar-refractivity contribution in [3.63, 3.8) is 0 Å². The second-order valence-electron chi connectivity index (χ2n) is 36.1. The highest BCUT2D eigenvalue weighted by Gasteiger charge is 2.52. The number of nitrogens with one attached hydrogen (secondary N) is 8. The van der Waals surface area contributed by atoms with E-state index in [0.29, 0.717) is 71.4 Å². The van der Waals surface area contributed by atoms with Crippen molar-refractivity contribution >= 4 is 52.6 Å². The minimum Gasteiger partial charge on any atom is -0.390 e. The average Bonchev–Trinajstić information content (AvgIpc) is 1.73. The number of hydrogen-bond acceptors (Lipinski definition) is 43. The Balaban J connectivity index is 0.000000262. The number of unbranched alkanes of at least 4 members (excludes halogenated alkanes) is 9. The van der Waals surface area contributed by atoms with Crippen LogP contribution in [0.3, 0.4) is 0 Å². The topological polar surface area (TPSA) is 916 Å². The van der Waals surface area contributed by atoms with Crippen LogP contribution < -0.4 is 112 Å². The average molecular weight is 1960 g/mol. The lowest BCUT2D eigenvalue weighted by Crippen LogP contribution is -2.67. The molecule has 53 heteroatoms. The van der Waals surface area contributed by atoms with E-state index in [1.807, 2.05) is 0 Å². The van der Waals surface area contributed by atoms with Crippen molar-refractivity contribution in [2.45, 2.75) is 344 Å². The molecule has 6 aliphatic rings. The Hall–Kier alpha value is -7.85.